The first-order chi connectivity index (χ1) is 8.65. The van der Waals surface area contributed by atoms with Gasteiger partial charge in [0.1, 0.15) is 0 Å². The van der Waals surface area contributed by atoms with E-state index in [9.17, 15) is 0 Å². The monoisotopic (exact) mass is 264 g/mol. The molecule has 0 spiro atoms. The molecular weight excluding hydrogens is 240 g/mol. The minimum atomic E-state index is 0.621. The largest absolute Gasteiger partial charge is 0.399 e. The van der Waals surface area contributed by atoms with Gasteiger partial charge in [-0.15, -0.1) is 0 Å². The second-order valence-electron chi connectivity index (χ2n) is 5.34. The van der Waals surface area contributed by atoms with Gasteiger partial charge in [0.05, 0.1) is 0 Å². The maximum atomic E-state index is 5.72. The van der Waals surface area contributed by atoms with Crippen LogP contribution in [0, 0.1) is 0 Å². The predicted molar refractivity (Wildman–Crippen MR) is 82.2 cm³/mol. The van der Waals surface area contributed by atoms with Crippen LogP contribution in [-0.2, 0) is 0 Å². The number of hydrogen-bond acceptors (Lipinski definition) is 3. The zero-order valence-electron chi connectivity index (χ0n) is 11.4. The lowest BCUT2D eigenvalue weighted by molar-refractivity contribution is 0.276. The molecule has 1 fully saturated rings. The summed E-state index contributed by atoms with van der Waals surface area (Å²) in [6.07, 6.45) is 1.24. The average molecular weight is 264 g/mol. The van der Waals surface area contributed by atoms with Crippen LogP contribution in [-0.4, -0.2) is 35.5 Å². The van der Waals surface area contributed by atoms with Crippen LogP contribution in [0.3, 0.4) is 0 Å². The molecule has 0 radical (unpaired) electrons. The first-order valence-electron chi connectivity index (χ1n) is 6.84. The fourth-order valence-electron chi connectivity index (χ4n) is 2.46. The van der Waals surface area contributed by atoms with Crippen LogP contribution in [0.4, 0.5) is 5.69 Å². The van der Waals surface area contributed by atoms with Crippen molar-refractivity contribution in [1.82, 2.24) is 4.90 Å². The predicted octanol–water partition coefficient (Wildman–Crippen LogP) is 3.20. The van der Waals surface area contributed by atoms with E-state index in [1.54, 1.807) is 0 Å². The first kappa shape index (κ1) is 13.8. The third kappa shape index (κ3) is 3.92. The molecule has 0 aromatic heterocycles. The Bertz CT molecular complexity index is 363. The lowest BCUT2D eigenvalue weighted by Crippen LogP contribution is -2.37. The summed E-state index contributed by atoms with van der Waals surface area (Å²) in [5.74, 6) is 1.91. The molecule has 18 heavy (non-hydrogen) atoms. The van der Waals surface area contributed by atoms with E-state index in [1.807, 2.05) is 12.1 Å². The lowest BCUT2D eigenvalue weighted by atomic mass is 9.97. The van der Waals surface area contributed by atoms with Gasteiger partial charge in [0.15, 0.2) is 0 Å². The maximum absolute atomic E-state index is 5.72. The van der Waals surface area contributed by atoms with Gasteiger partial charge in [-0.3, -0.25) is 0 Å². The van der Waals surface area contributed by atoms with Crippen molar-refractivity contribution in [3.8, 4) is 0 Å². The van der Waals surface area contributed by atoms with Crippen LogP contribution in [0.1, 0.15) is 31.7 Å². The summed E-state index contributed by atoms with van der Waals surface area (Å²) in [5, 5.41) is 0.797. The molecule has 1 aliphatic heterocycles. The molecule has 0 amide bonds. The van der Waals surface area contributed by atoms with E-state index in [-0.39, 0.29) is 0 Å². The van der Waals surface area contributed by atoms with E-state index >= 15 is 0 Å². The van der Waals surface area contributed by atoms with E-state index in [1.165, 1.54) is 37.4 Å². The van der Waals surface area contributed by atoms with Gasteiger partial charge in [0.2, 0.25) is 0 Å². The van der Waals surface area contributed by atoms with E-state index in [4.69, 9.17) is 5.73 Å². The van der Waals surface area contributed by atoms with Crippen molar-refractivity contribution in [2.24, 2.45) is 0 Å². The Morgan fingerprint density at radius 1 is 1.39 bits per heavy atom. The fraction of sp³-hybridized carbons (Fsp3) is 0.600. The highest BCUT2D eigenvalue weighted by Gasteiger charge is 2.17. The minimum Gasteiger partial charge on any atom is -0.399 e. The molecule has 2 unspecified atom stereocenters. The van der Waals surface area contributed by atoms with Crippen LogP contribution in [0.2, 0.25) is 0 Å². The minimum absolute atomic E-state index is 0.621. The highest BCUT2D eigenvalue weighted by molar-refractivity contribution is 7.99. The number of thioether (sulfide) groups is 1. The Balaban J connectivity index is 1.80. The van der Waals surface area contributed by atoms with Gasteiger partial charge >= 0.3 is 0 Å². The van der Waals surface area contributed by atoms with Gasteiger partial charge in [-0.25, -0.2) is 0 Å². The second-order valence-corrected chi connectivity index (χ2v) is 6.88. The van der Waals surface area contributed by atoms with Crippen molar-refractivity contribution < 1.29 is 0 Å². The van der Waals surface area contributed by atoms with Crippen molar-refractivity contribution in [1.29, 1.82) is 0 Å². The zero-order chi connectivity index (χ0) is 13.0. The van der Waals surface area contributed by atoms with Crippen LogP contribution < -0.4 is 5.73 Å². The van der Waals surface area contributed by atoms with E-state index < -0.39 is 0 Å². The molecule has 100 valence electrons. The highest BCUT2D eigenvalue weighted by atomic mass is 32.2. The molecule has 0 aliphatic carbocycles. The fourth-order valence-corrected chi connectivity index (χ4v) is 3.54. The summed E-state index contributed by atoms with van der Waals surface area (Å²) < 4.78 is 0. The SMILES string of the molecule is CC1CN(CCC(C)c2ccc(N)cc2)CCS1. The standard InChI is InChI=1S/C15H24N2S/c1-12(14-3-5-15(16)6-4-14)7-8-17-9-10-18-13(2)11-17/h3-6,12-13H,7-11,16H2,1-2H3. The molecule has 0 bridgehead atoms. The Morgan fingerprint density at radius 3 is 2.78 bits per heavy atom. The normalized spacial score (nSPS) is 22.9. The molecule has 2 atom stereocenters. The van der Waals surface area contributed by atoms with E-state index in [0.29, 0.717) is 5.92 Å². The van der Waals surface area contributed by atoms with Crippen molar-refractivity contribution in [3.05, 3.63) is 29.8 Å². The van der Waals surface area contributed by atoms with Crippen molar-refractivity contribution in [2.75, 3.05) is 31.1 Å². The van der Waals surface area contributed by atoms with Crippen molar-refractivity contribution >= 4 is 17.4 Å². The van der Waals surface area contributed by atoms with Crippen molar-refractivity contribution in [2.45, 2.75) is 31.4 Å². The maximum Gasteiger partial charge on any atom is 0.0314 e. The van der Waals surface area contributed by atoms with Gasteiger partial charge in [-0.2, -0.15) is 11.8 Å². The molecule has 1 saturated heterocycles. The Labute approximate surface area is 115 Å². The highest BCUT2D eigenvalue weighted by Crippen LogP contribution is 2.22. The van der Waals surface area contributed by atoms with Gasteiger partial charge < -0.3 is 10.6 Å². The quantitative estimate of drug-likeness (QED) is 0.847. The molecule has 2 nitrogen and oxygen atoms in total. The number of anilines is 1. The molecule has 2 rings (SSSR count). The van der Waals surface area contributed by atoms with Gasteiger partial charge in [0, 0.05) is 29.8 Å². The molecular formula is C15H24N2S. The van der Waals surface area contributed by atoms with E-state index in [2.05, 4.69) is 42.6 Å². The number of rotatable bonds is 4. The number of nitrogens with two attached hydrogens (primary N) is 1. The third-order valence-corrected chi connectivity index (χ3v) is 4.85. The van der Waals surface area contributed by atoms with E-state index in [0.717, 1.165) is 10.9 Å². The summed E-state index contributed by atoms with van der Waals surface area (Å²) in [5.41, 5.74) is 7.98. The number of nitrogens with zero attached hydrogens (tertiary/aromatic N) is 1. The number of nitrogen functional groups attached to an aromatic ring is 1. The zero-order valence-corrected chi connectivity index (χ0v) is 12.2. The summed E-state index contributed by atoms with van der Waals surface area (Å²) in [6.45, 7) is 8.37. The molecule has 1 aromatic rings. The average Bonchev–Trinajstić information content (AvgIpc) is 2.37. The molecule has 0 saturated carbocycles. The Morgan fingerprint density at radius 2 is 2.11 bits per heavy atom. The summed E-state index contributed by atoms with van der Waals surface area (Å²) >= 11 is 2.10. The summed E-state index contributed by atoms with van der Waals surface area (Å²) in [6, 6.07) is 8.33. The van der Waals surface area contributed by atoms with Crippen LogP contribution in [0.5, 0.6) is 0 Å². The van der Waals surface area contributed by atoms with Gasteiger partial charge in [0.25, 0.3) is 0 Å². The first-order valence-corrected chi connectivity index (χ1v) is 7.89. The van der Waals surface area contributed by atoms with Crippen LogP contribution >= 0.6 is 11.8 Å². The van der Waals surface area contributed by atoms with Crippen LogP contribution in [0.25, 0.3) is 0 Å². The molecule has 3 heteroatoms. The molecule has 2 N–H and O–H groups in total. The molecule has 1 heterocycles. The van der Waals surface area contributed by atoms with Gasteiger partial charge in [-0.1, -0.05) is 26.0 Å². The number of benzene rings is 1. The Hall–Kier alpha value is -0.670. The van der Waals surface area contributed by atoms with Crippen LogP contribution in [0.15, 0.2) is 24.3 Å². The summed E-state index contributed by atoms with van der Waals surface area (Å²) in [7, 11) is 0. The summed E-state index contributed by atoms with van der Waals surface area (Å²) in [4.78, 5) is 2.61. The second kappa shape index (κ2) is 6.48. The topological polar surface area (TPSA) is 29.3 Å². The smallest absolute Gasteiger partial charge is 0.0314 e. The Kier molecular flexibility index (Phi) is 4.95. The third-order valence-electron chi connectivity index (χ3n) is 3.71. The molecule has 1 aliphatic rings. The number of hydrogen-bond donors (Lipinski definition) is 1. The van der Waals surface area contributed by atoms with Gasteiger partial charge in [-0.05, 0) is 36.6 Å². The lowest BCUT2D eigenvalue weighted by Gasteiger charge is -2.31. The van der Waals surface area contributed by atoms with Crippen molar-refractivity contribution in [3.63, 3.8) is 0 Å². The molecule has 1 aromatic carbocycles.